The highest BCUT2D eigenvalue weighted by molar-refractivity contribution is 6.34. The maximum Gasteiger partial charge on any atom is 0.367 e. The van der Waals surface area contributed by atoms with Crippen LogP contribution in [0.15, 0.2) is 35.5 Å². The average Bonchev–Trinajstić information content (AvgIpc) is 2.44. The van der Waals surface area contributed by atoms with Crippen LogP contribution in [0.25, 0.3) is 0 Å². The average molecular weight is 338 g/mol. The number of nitrogens with zero attached hydrogens (tertiary/aromatic N) is 2. The van der Waals surface area contributed by atoms with Crippen molar-refractivity contribution in [2.24, 2.45) is 10.9 Å². The summed E-state index contributed by atoms with van der Waals surface area (Å²) >= 11 is 12.0. The molecule has 0 saturated carbocycles. The van der Waals surface area contributed by atoms with Crippen LogP contribution in [0, 0.1) is 13.8 Å². The molecule has 0 fully saturated rings. The summed E-state index contributed by atoms with van der Waals surface area (Å²) < 4.78 is 0. The first-order chi connectivity index (χ1) is 10.4. The Bertz CT molecular complexity index is 737. The Morgan fingerprint density at radius 1 is 1.27 bits per heavy atom. The summed E-state index contributed by atoms with van der Waals surface area (Å²) in [6.07, 6.45) is 0. The van der Waals surface area contributed by atoms with Crippen LogP contribution in [-0.4, -0.2) is 16.8 Å². The van der Waals surface area contributed by atoms with E-state index in [0.29, 0.717) is 5.56 Å². The number of oxime groups is 1. The van der Waals surface area contributed by atoms with Crippen molar-refractivity contribution < 1.29 is 9.63 Å². The number of carbonyl (C=O) groups is 1. The molecule has 0 atom stereocenters. The van der Waals surface area contributed by atoms with E-state index in [9.17, 15) is 4.79 Å². The molecule has 0 amide bonds. The zero-order chi connectivity index (χ0) is 16.3. The zero-order valence-electron chi connectivity index (χ0n) is 11.9. The molecule has 0 unspecified atom stereocenters. The minimum Gasteiger partial charge on any atom is -0.380 e. The molecule has 2 aromatic rings. The lowest BCUT2D eigenvalue weighted by Crippen LogP contribution is -2.18. The van der Waals surface area contributed by atoms with Gasteiger partial charge < -0.3 is 10.6 Å². The van der Waals surface area contributed by atoms with E-state index in [1.54, 1.807) is 24.3 Å². The lowest BCUT2D eigenvalue weighted by Gasteiger charge is -2.08. The number of aryl methyl sites for hydroxylation is 2. The summed E-state index contributed by atoms with van der Waals surface area (Å²) in [6, 6.07) is 8.29. The van der Waals surface area contributed by atoms with Gasteiger partial charge in [0.25, 0.3) is 0 Å². The van der Waals surface area contributed by atoms with Crippen LogP contribution in [0.4, 0.5) is 0 Å². The Hall–Kier alpha value is -2.11. The molecule has 7 heteroatoms. The molecular formula is C15H13Cl2N3O2. The van der Waals surface area contributed by atoms with Crippen molar-refractivity contribution in [1.29, 1.82) is 0 Å². The lowest BCUT2D eigenvalue weighted by molar-refractivity contribution is 0.0516. The molecule has 1 aromatic carbocycles. The molecule has 114 valence electrons. The normalized spacial score (nSPS) is 11.4. The second kappa shape index (κ2) is 6.77. The third kappa shape index (κ3) is 3.55. The maximum atomic E-state index is 11.9. The van der Waals surface area contributed by atoms with Crippen molar-refractivity contribution in [2.75, 3.05) is 0 Å². The number of rotatable bonds is 3. The first-order valence-corrected chi connectivity index (χ1v) is 7.09. The number of benzene rings is 1. The Labute approximate surface area is 137 Å². The van der Waals surface area contributed by atoms with Crippen LogP contribution in [0.1, 0.15) is 27.2 Å². The van der Waals surface area contributed by atoms with E-state index in [0.717, 1.165) is 11.3 Å². The first-order valence-electron chi connectivity index (χ1n) is 6.33. The van der Waals surface area contributed by atoms with E-state index in [1.165, 1.54) is 6.07 Å². The number of nitrogens with two attached hydrogens (primary N) is 1. The van der Waals surface area contributed by atoms with Gasteiger partial charge in [0.05, 0.1) is 16.1 Å². The van der Waals surface area contributed by atoms with Gasteiger partial charge >= 0.3 is 5.97 Å². The molecule has 0 aliphatic rings. The number of carbonyl (C=O) groups excluding carboxylic acids is 1. The Morgan fingerprint density at radius 3 is 2.59 bits per heavy atom. The maximum absolute atomic E-state index is 11.9. The van der Waals surface area contributed by atoms with Gasteiger partial charge in [-0.05, 0) is 37.6 Å². The largest absolute Gasteiger partial charge is 0.380 e. The fourth-order valence-corrected chi connectivity index (χ4v) is 2.50. The number of aromatic nitrogens is 1. The molecule has 0 spiro atoms. The molecule has 1 heterocycles. The molecule has 0 bridgehead atoms. The number of pyridine rings is 1. The molecule has 0 aliphatic heterocycles. The molecule has 0 radical (unpaired) electrons. The predicted octanol–water partition coefficient (Wildman–Crippen LogP) is 3.48. The molecule has 1 aromatic heterocycles. The molecule has 0 saturated heterocycles. The van der Waals surface area contributed by atoms with Crippen molar-refractivity contribution in [2.45, 2.75) is 13.8 Å². The quantitative estimate of drug-likeness (QED) is 0.306. The van der Waals surface area contributed by atoms with Crippen LogP contribution in [-0.2, 0) is 4.84 Å². The molecular weight excluding hydrogens is 325 g/mol. The summed E-state index contributed by atoms with van der Waals surface area (Å²) in [6.45, 7) is 3.63. The minimum absolute atomic E-state index is 0.0320. The molecule has 2 N–H and O–H groups in total. The molecule has 5 nitrogen and oxygen atoms in total. The minimum atomic E-state index is -0.706. The van der Waals surface area contributed by atoms with Gasteiger partial charge in [-0.15, -0.1) is 0 Å². The van der Waals surface area contributed by atoms with E-state index < -0.39 is 5.97 Å². The van der Waals surface area contributed by atoms with E-state index in [2.05, 4.69) is 10.1 Å². The van der Waals surface area contributed by atoms with Gasteiger partial charge in [0.2, 0.25) is 0 Å². The van der Waals surface area contributed by atoms with Gasteiger partial charge in [-0.25, -0.2) is 9.78 Å². The Kier molecular flexibility index (Phi) is 5.00. The van der Waals surface area contributed by atoms with Crippen molar-refractivity contribution in [3.05, 3.63) is 62.9 Å². The standard InChI is InChI=1S/C15H13Cl2N3O2/c1-8-7-9(2)19-13(17)12(8)14(18)20-22-15(21)10-5-3-4-6-11(10)16/h3-7H,1-2H3,(H2,18,20). The highest BCUT2D eigenvalue weighted by Gasteiger charge is 2.14. The predicted molar refractivity (Wildman–Crippen MR) is 86.3 cm³/mol. The van der Waals surface area contributed by atoms with Crippen molar-refractivity contribution in [3.8, 4) is 0 Å². The van der Waals surface area contributed by atoms with Crippen molar-refractivity contribution in [3.63, 3.8) is 0 Å². The Morgan fingerprint density at radius 2 is 1.95 bits per heavy atom. The van der Waals surface area contributed by atoms with Crippen molar-refractivity contribution >= 4 is 35.0 Å². The molecule has 22 heavy (non-hydrogen) atoms. The third-order valence-corrected chi connectivity index (χ3v) is 3.48. The monoisotopic (exact) mass is 337 g/mol. The number of amidine groups is 1. The highest BCUT2D eigenvalue weighted by atomic mass is 35.5. The third-order valence-electron chi connectivity index (χ3n) is 2.88. The zero-order valence-corrected chi connectivity index (χ0v) is 13.4. The van der Waals surface area contributed by atoms with Crippen LogP contribution in [0.2, 0.25) is 10.2 Å². The van der Waals surface area contributed by atoms with Gasteiger partial charge in [0.1, 0.15) is 5.15 Å². The fraction of sp³-hybridized carbons (Fsp3) is 0.133. The number of halogens is 2. The van der Waals surface area contributed by atoms with Gasteiger partial charge in [-0.2, -0.15) is 0 Å². The van der Waals surface area contributed by atoms with E-state index in [1.807, 2.05) is 13.8 Å². The van der Waals surface area contributed by atoms with Gasteiger partial charge in [-0.1, -0.05) is 40.5 Å². The first kappa shape index (κ1) is 16.3. The van der Waals surface area contributed by atoms with Crippen LogP contribution >= 0.6 is 23.2 Å². The van der Waals surface area contributed by atoms with Gasteiger partial charge in [-0.3, -0.25) is 0 Å². The van der Waals surface area contributed by atoms with Crippen LogP contribution in [0.5, 0.6) is 0 Å². The summed E-state index contributed by atoms with van der Waals surface area (Å²) in [5.74, 6) is -0.738. The second-order valence-corrected chi connectivity index (χ2v) is 5.35. The summed E-state index contributed by atoms with van der Waals surface area (Å²) in [5, 5.41) is 4.10. The van der Waals surface area contributed by atoms with Crippen LogP contribution in [0.3, 0.4) is 0 Å². The van der Waals surface area contributed by atoms with Crippen LogP contribution < -0.4 is 5.73 Å². The summed E-state index contributed by atoms with van der Waals surface area (Å²) in [5.41, 5.74) is 8.00. The molecule has 0 aliphatic carbocycles. The van der Waals surface area contributed by atoms with E-state index >= 15 is 0 Å². The number of hydrogen-bond acceptors (Lipinski definition) is 4. The second-order valence-electron chi connectivity index (χ2n) is 4.58. The SMILES string of the molecule is Cc1cc(C)c(/C(N)=N\OC(=O)c2ccccc2Cl)c(Cl)n1. The summed E-state index contributed by atoms with van der Waals surface area (Å²) in [7, 11) is 0. The van der Waals surface area contributed by atoms with E-state index in [-0.39, 0.29) is 21.6 Å². The lowest BCUT2D eigenvalue weighted by atomic mass is 10.1. The highest BCUT2D eigenvalue weighted by Crippen LogP contribution is 2.19. The topological polar surface area (TPSA) is 77.6 Å². The summed E-state index contributed by atoms with van der Waals surface area (Å²) in [4.78, 5) is 20.8. The molecule has 2 rings (SSSR count). The number of hydrogen-bond donors (Lipinski definition) is 1. The van der Waals surface area contributed by atoms with Crippen molar-refractivity contribution in [1.82, 2.24) is 4.98 Å². The van der Waals surface area contributed by atoms with Gasteiger partial charge in [0, 0.05) is 5.69 Å². The smallest absolute Gasteiger partial charge is 0.367 e. The van der Waals surface area contributed by atoms with Gasteiger partial charge in [0.15, 0.2) is 5.84 Å². The fourth-order valence-electron chi connectivity index (χ4n) is 1.91. The van der Waals surface area contributed by atoms with E-state index in [4.69, 9.17) is 33.8 Å². The Balaban J connectivity index is 2.24.